The maximum Gasteiger partial charge on any atom is 0.238 e. The van der Waals surface area contributed by atoms with Crippen LogP contribution in [0.3, 0.4) is 0 Å². The van der Waals surface area contributed by atoms with Gasteiger partial charge < -0.3 is 15.7 Å². The summed E-state index contributed by atoms with van der Waals surface area (Å²) in [7, 11) is 0. The summed E-state index contributed by atoms with van der Waals surface area (Å²) < 4.78 is 1.79. The Hall–Kier alpha value is -3.41. The van der Waals surface area contributed by atoms with E-state index in [9.17, 15) is 9.90 Å². The Balaban J connectivity index is 1.25. The van der Waals surface area contributed by atoms with Crippen molar-refractivity contribution >= 4 is 40.5 Å². The van der Waals surface area contributed by atoms with Gasteiger partial charge >= 0.3 is 0 Å². The second kappa shape index (κ2) is 10.5. The molecule has 1 fully saturated rings. The molecule has 4 heterocycles. The number of nitrogens with zero attached hydrogens (tertiary/aromatic N) is 5. The van der Waals surface area contributed by atoms with E-state index in [0.29, 0.717) is 16.8 Å². The lowest BCUT2D eigenvalue weighted by molar-refractivity contribution is -0.117. The molecule has 1 atom stereocenters. The van der Waals surface area contributed by atoms with Gasteiger partial charge in [0.15, 0.2) is 11.6 Å². The quantitative estimate of drug-likeness (QED) is 0.281. The van der Waals surface area contributed by atoms with Crippen molar-refractivity contribution in [1.29, 1.82) is 0 Å². The molecule has 1 aliphatic heterocycles. The van der Waals surface area contributed by atoms with Crippen LogP contribution >= 0.6 is 11.8 Å². The Labute approximate surface area is 207 Å². The van der Waals surface area contributed by atoms with Crippen molar-refractivity contribution in [3.63, 3.8) is 0 Å². The number of nitrogens with one attached hydrogen (secondary N) is 3. The van der Waals surface area contributed by atoms with Crippen molar-refractivity contribution in [2.45, 2.75) is 42.3 Å². The predicted molar refractivity (Wildman–Crippen MR) is 135 cm³/mol. The maximum absolute atomic E-state index is 12.4. The molecule has 35 heavy (non-hydrogen) atoms. The molecule has 10 nitrogen and oxygen atoms in total. The lowest BCUT2D eigenvalue weighted by atomic mass is 10.2. The van der Waals surface area contributed by atoms with Crippen LogP contribution in [0.25, 0.3) is 5.52 Å². The number of hydrogen-bond acceptors (Lipinski definition) is 8. The molecule has 0 aliphatic carbocycles. The number of likely N-dealkylation sites (tertiary alicyclic amines) is 1. The number of aromatic nitrogens is 5. The third-order valence-corrected chi connectivity index (χ3v) is 6.90. The van der Waals surface area contributed by atoms with E-state index in [1.165, 1.54) is 11.8 Å². The minimum Gasteiger partial charge on any atom is -0.395 e. The molecular formula is C24H28N8O2S. The van der Waals surface area contributed by atoms with Crippen molar-refractivity contribution in [1.82, 2.24) is 29.7 Å². The molecule has 11 heteroatoms. The molecule has 1 aliphatic rings. The van der Waals surface area contributed by atoms with E-state index in [4.69, 9.17) is 4.98 Å². The highest BCUT2D eigenvalue weighted by Gasteiger charge is 2.25. The zero-order valence-electron chi connectivity index (χ0n) is 19.4. The number of aliphatic hydroxyl groups is 1. The molecule has 1 aromatic carbocycles. The Kier molecular flexibility index (Phi) is 6.98. The first-order chi connectivity index (χ1) is 17.1. The van der Waals surface area contributed by atoms with E-state index in [1.807, 2.05) is 53.6 Å². The fourth-order valence-electron chi connectivity index (χ4n) is 4.18. The number of amides is 1. The molecular weight excluding hydrogens is 464 g/mol. The second-order valence-electron chi connectivity index (χ2n) is 8.46. The standard InChI is InChI=1S/C24H28N8O2S/c1-2-16-13-21(29-28-16)26-23-20-6-4-12-32(20)30-24(27-23)35-19-9-7-17(8-10-19)25-22(34)14-31-11-3-5-18(31)15-33/h4,6-10,12-13,18,33H,2-3,5,11,14-15H2,1H3,(H,25,34)(H2,26,27,28,29,30)/t18-/m0/s1. The molecule has 0 radical (unpaired) electrons. The highest BCUT2D eigenvalue weighted by Crippen LogP contribution is 2.29. The molecule has 3 aromatic heterocycles. The molecule has 182 valence electrons. The minimum atomic E-state index is -0.0764. The summed E-state index contributed by atoms with van der Waals surface area (Å²) in [6.45, 7) is 3.29. The van der Waals surface area contributed by atoms with Crippen LogP contribution in [0.4, 0.5) is 17.3 Å². The Morgan fingerprint density at radius 2 is 2.14 bits per heavy atom. The van der Waals surface area contributed by atoms with Gasteiger partial charge in [-0.2, -0.15) is 5.10 Å². The first-order valence-electron chi connectivity index (χ1n) is 11.7. The predicted octanol–water partition coefficient (Wildman–Crippen LogP) is 3.30. The molecule has 1 amide bonds. The Bertz CT molecular complexity index is 1300. The van der Waals surface area contributed by atoms with E-state index in [0.717, 1.165) is 47.6 Å². The van der Waals surface area contributed by atoms with Crippen molar-refractivity contribution < 1.29 is 9.90 Å². The van der Waals surface area contributed by atoms with E-state index >= 15 is 0 Å². The van der Waals surface area contributed by atoms with Gasteiger partial charge in [-0.1, -0.05) is 6.92 Å². The van der Waals surface area contributed by atoms with Crippen molar-refractivity contribution in [2.75, 3.05) is 30.3 Å². The number of carbonyl (C=O) groups is 1. The molecule has 0 saturated carbocycles. The average molecular weight is 493 g/mol. The van der Waals surface area contributed by atoms with Crippen LogP contribution in [0.15, 0.2) is 58.7 Å². The normalized spacial score (nSPS) is 16.1. The fraction of sp³-hybridized carbons (Fsp3) is 0.333. The summed E-state index contributed by atoms with van der Waals surface area (Å²) in [5.41, 5.74) is 2.63. The highest BCUT2D eigenvalue weighted by molar-refractivity contribution is 7.99. The van der Waals surface area contributed by atoms with Gasteiger partial charge in [0.05, 0.1) is 13.2 Å². The number of benzene rings is 1. The third kappa shape index (κ3) is 5.47. The van der Waals surface area contributed by atoms with E-state index in [1.54, 1.807) is 4.52 Å². The van der Waals surface area contributed by atoms with Crippen molar-refractivity contribution in [3.8, 4) is 0 Å². The molecule has 1 saturated heterocycles. The monoisotopic (exact) mass is 492 g/mol. The number of anilines is 3. The SMILES string of the molecule is CCc1cc(Nc2nc(Sc3ccc(NC(=O)CN4CCC[C@H]4CO)cc3)nn3cccc23)n[nH]1. The number of aliphatic hydroxyl groups excluding tert-OH is 1. The number of aryl methyl sites for hydroxylation is 1. The first-order valence-corrected chi connectivity index (χ1v) is 12.5. The zero-order chi connectivity index (χ0) is 24.2. The Morgan fingerprint density at radius 1 is 1.29 bits per heavy atom. The lowest BCUT2D eigenvalue weighted by Crippen LogP contribution is -2.38. The topological polar surface area (TPSA) is 123 Å². The van der Waals surface area contributed by atoms with Gasteiger partial charge in [-0.05, 0) is 74.0 Å². The summed E-state index contributed by atoms with van der Waals surface area (Å²) in [6.07, 6.45) is 4.71. The highest BCUT2D eigenvalue weighted by atomic mass is 32.2. The molecule has 5 rings (SSSR count). The van der Waals surface area contributed by atoms with E-state index in [2.05, 4.69) is 32.9 Å². The number of H-pyrrole nitrogens is 1. The van der Waals surface area contributed by atoms with Crippen LogP contribution in [0.2, 0.25) is 0 Å². The van der Waals surface area contributed by atoms with Crippen LogP contribution in [-0.4, -0.2) is 66.4 Å². The van der Waals surface area contributed by atoms with Gasteiger partial charge in [0.2, 0.25) is 11.1 Å². The third-order valence-electron chi connectivity index (χ3n) is 6.03. The summed E-state index contributed by atoms with van der Waals surface area (Å²) in [5.74, 6) is 1.31. The molecule has 0 spiro atoms. The summed E-state index contributed by atoms with van der Waals surface area (Å²) in [6, 6.07) is 13.5. The van der Waals surface area contributed by atoms with Crippen molar-refractivity contribution in [2.24, 2.45) is 0 Å². The second-order valence-corrected chi connectivity index (χ2v) is 9.50. The molecule has 4 N–H and O–H groups in total. The molecule has 0 bridgehead atoms. The van der Waals surface area contributed by atoms with Crippen LogP contribution < -0.4 is 10.6 Å². The van der Waals surface area contributed by atoms with Gasteiger partial charge in [0, 0.05) is 34.6 Å². The number of carbonyl (C=O) groups excluding carboxylic acids is 1. The molecule has 0 unspecified atom stereocenters. The lowest BCUT2D eigenvalue weighted by Gasteiger charge is -2.21. The number of rotatable bonds is 9. The van der Waals surface area contributed by atoms with Crippen LogP contribution in [-0.2, 0) is 11.2 Å². The van der Waals surface area contributed by atoms with Gasteiger partial charge in [-0.25, -0.2) is 9.50 Å². The maximum atomic E-state index is 12.4. The van der Waals surface area contributed by atoms with E-state index < -0.39 is 0 Å². The first kappa shape index (κ1) is 23.3. The minimum absolute atomic E-state index is 0.0764. The van der Waals surface area contributed by atoms with Gasteiger partial charge in [-0.3, -0.25) is 14.8 Å². The van der Waals surface area contributed by atoms with Crippen molar-refractivity contribution in [3.05, 3.63) is 54.4 Å². The summed E-state index contributed by atoms with van der Waals surface area (Å²) in [5, 5.41) is 28.2. The van der Waals surface area contributed by atoms with Crippen LogP contribution in [0.5, 0.6) is 0 Å². The van der Waals surface area contributed by atoms with Gasteiger partial charge in [-0.15, -0.1) is 5.10 Å². The smallest absolute Gasteiger partial charge is 0.238 e. The van der Waals surface area contributed by atoms with Crippen LogP contribution in [0.1, 0.15) is 25.5 Å². The molecule has 4 aromatic rings. The van der Waals surface area contributed by atoms with Gasteiger partial charge in [0.1, 0.15) is 5.52 Å². The van der Waals surface area contributed by atoms with Crippen LogP contribution in [0, 0.1) is 0 Å². The van der Waals surface area contributed by atoms with Gasteiger partial charge in [0.25, 0.3) is 0 Å². The largest absolute Gasteiger partial charge is 0.395 e. The Morgan fingerprint density at radius 3 is 2.91 bits per heavy atom. The number of hydrogen-bond donors (Lipinski definition) is 4. The average Bonchev–Trinajstić information content (AvgIpc) is 3.61. The summed E-state index contributed by atoms with van der Waals surface area (Å²) in [4.78, 5) is 20.1. The number of fused-ring (bicyclic) bond motifs is 1. The number of aromatic amines is 1. The fourth-order valence-corrected chi connectivity index (χ4v) is 4.93. The summed E-state index contributed by atoms with van der Waals surface area (Å²) >= 11 is 1.44. The van der Waals surface area contributed by atoms with E-state index in [-0.39, 0.29) is 25.1 Å². The zero-order valence-corrected chi connectivity index (χ0v) is 20.3.